The minimum Gasteiger partial charge on any atom is -0.364 e. The Hall–Kier alpha value is -0.900. The number of carbonyl (C=O) groups is 1. The maximum atomic E-state index is 10.5. The van der Waals surface area contributed by atoms with Crippen molar-refractivity contribution in [2.24, 2.45) is 0 Å². The van der Waals surface area contributed by atoms with Gasteiger partial charge in [0, 0.05) is 23.3 Å². The maximum absolute atomic E-state index is 10.5. The normalized spacial score (nSPS) is 12.5. The highest BCUT2D eigenvalue weighted by Gasteiger charge is 2.11. The number of halogens is 1. The number of aliphatic hydroxyl groups is 1. The highest BCUT2D eigenvalue weighted by atomic mass is 35.5. The molecular weight excluding hydrogens is 192 g/mol. The third-order valence-electron chi connectivity index (χ3n) is 1.67. The second-order valence-corrected chi connectivity index (χ2v) is 2.92. The Bertz CT molecular complexity index is 312. The largest absolute Gasteiger partial charge is 0.364 e. The third-order valence-corrected chi connectivity index (χ3v) is 1.90. The lowest BCUT2D eigenvalue weighted by atomic mass is 10.1. The molecule has 13 heavy (non-hydrogen) atoms. The summed E-state index contributed by atoms with van der Waals surface area (Å²) in [4.78, 5) is 10.5. The molecule has 3 nitrogen and oxygen atoms in total. The molecule has 0 radical (unpaired) electrons. The number of benzene rings is 1. The Morgan fingerprint density at radius 3 is 2.85 bits per heavy atom. The van der Waals surface area contributed by atoms with Crippen LogP contribution >= 0.6 is 11.6 Å². The zero-order valence-corrected chi connectivity index (χ0v) is 7.78. The molecule has 0 aliphatic rings. The first-order valence-electron chi connectivity index (χ1n) is 3.64. The summed E-state index contributed by atoms with van der Waals surface area (Å²) in [6, 6.07) is 4.61. The molecular formula is C9H9ClO3. The van der Waals surface area contributed by atoms with Gasteiger partial charge in [-0.05, 0) is 18.2 Å². The maximum Gasteiger partial charge on any atom is 0.181 e. The Labute approximate surface area is 80.9 Å². The average Bonchev–Trinajstić information content (AvgIpc) is 2.16. The monoisotopic (exact) mass is 200 g/mol. The van der Waals surface area contributed by atoms with Gasteiger partial charge in [-0.1, -0.05) is 11.6 Å². The van der Waals surface area contributed by atoms with Crippen molar-refractivity contribution >= 4 is 17.9 Å². The molecule has 1 aromatic rings. The molecule has 0 saturated carbocycles. The van der Waals surface area contributed by atoms with Crippen LogP contribution < -0.4 is 0 Å². The van der Waals surface area contributed by atoms with Crippen molar-refractivity contribution in [2.75, 3.05) is 7.11 Å². The van der Waals surface area contributed by atoms with E-state index in [4.69, 9.17) is 11.6 Å². The van der Waals surface area contributed by atoms with E-state index in [0.717, 1.165) is 0 Å². The highest BCUT2D eigenvalue weighted by Crippen LogP contribution is 2.21. The van der Waals surface area contributed by atoms with Gasteiger partial charge in [0.25, 0.3) is 0 Å². The van der Waals surface area contributed by atoms with Crippen LogP contribution in [-0.4, -0.2) is 18.5 Å². The van der Waals surface area contributed by atoms with Gasteiger partial charge in [0.05, 0.1) is 0 Å². The fraction of sp³-hybridized carbons (Fsp3) is 0.222. The number of ether oxygens (including phenoxy) is 1. The lowest BCUT2D eigenvalue weighted by Crippen LogP contribution is -2.03. The van der Waals surface area contributed by atoms with E-state index in [2.05, 4.69) is 4.74 Å². The van der Waals surface area contributed by atoms with Crippen LogP contribution in [0.3, 0.4) is 0 Å². The third kappa shape index (κ3) is 2.28. The molecule has 0 bridgehead atoms. The van der Waals surface area contributed by atoms with E-state index >= 15 is 0 Å². The molecule has 1 N–H and O–H groups in total. The summed E-state index contributed by atoms with van der Waals surface area (Å²) >= 11 is 5.69. The lowest BCUT2D eigenvalue weighted by Gasteiger charge is -2.10. The van der Waals surface area contributed by atoms with E-state index in [1.54, 1.807) is 6.07 Å². The Morgan fingerprint density at radius 1 is 1.62 bits per heavy atom. The molecule has 1 rings (SSSR count). The van der Waals surface area contributed by atoms with Gasteiger partial charge in [-0.15, -0.1) is 0 Å². The molecule has 0 aliphatic heterocycles. The molecule has 70 valence electrons. The van der Waals surface area contributed by atoms with Gasteiger partial charge in [-0.3, -0.25) is 4.79 Å². The minimum atomic E-state index is -1.11. The first-order valence-corrected chi connectivity index (χ1v) is 4.02. The quantitative estimate of drug-likeness (QED) is 0.598. The molecule has 0 heterocycles. The van der Waals surface area contributed by atoms with Crippen LogP contribution in [0.1, 0.15) is 22.2 Å². The van der Waals surface area contributed by atoms with E-state index in [1.807, 2.05) is 0 Å². The zero-order chi connectivity index (χ0) is 9.84. The fourth-order valence-electron chi connectivity index (χ4n) is 0.994. The van der Waals surface area contributed by atoms with Crippen molar-refractivity contribution in [2.45, 2.75) is 6.29 Å². The van der Waals surface area contributed by atoms with Gasteiger partial charge < -0.3 is 9.84 Å². The summed E-state index contributed by atoms with van der Waals surface area (Å²) in [5.41, 5.74) is 0.753. The topological polar surface area (TPSA) is 46.5 Å². The predicted molar refractivity (Wildman–Crippen MR) is 48.8 cm³/mol. The van der Waals surface area contributed by atoms with Crippen molar-refractivity contribution in [1.82, 2.24) is 0 Å². The summed E-state index contributed by atoms with van der Waals surface area (Å²) in [6.45, 7) is 0. The summed E-state index contributed by atoms with van der Waals surface area (Å²) in [5, 5.41) is 9.78. The first-order chi connectivity index (χ1) is 6.19. The van der Waals surface area contributed by atoms with E-state index in [9.17, 15) is 9.90 Å². The molecule has 1 atom stereocenters. The molecule has 0 spiro atoms. The van der Waals surface area contributed by atoms with Crippen LogP contribution in [0.15, 0.2) is 18.2 Å². The van der Waals surface area contributed by atoms with Crippen LogP contribution in [0.25, 0.3) is 0 Å². The van der Waals surface area contributed by atoms with E-state index in [1.165, 1.54) is 19.2 Å². The van der Waals surface area contributed by atoms with Crippen molar-refractivity contribution in [3.63, 3.8) is 0 Å². The molecule has 1 aromatic carbocycles. The Morgan fingerprint density at radius 2 is 2.31 bits per heavy atom. The standard InChI is InChI=1S/C9H9ClO3/c1-13-9(12)8-4-7(10)3-2-6(8)5-11/h2-5,9,12H,1H3. The molecule has 0 saturated heterocycles. The van der Waals surface area contributed by atoms with Crippen LogP contribution in [0.2, 0.25) is 5.02 Å². The van der Waals surface area contributed by atoms with Crippen LogP contribution in [0, 0.1) is 0 Å². The van der Waals surface area contributed by atoms with Gasteiger partial charge in [-0.2, -0.15) is 0 Å². The Balaban J connectivity index is 3.15. The zero-order valence-electron chi connectivity index (χ0n) is 7.03. The van der Waals surface area contributed by atoms with Crippen molar-refractivity contribution in [3.05, 3.63) is 34.3 Å². The minimum absolute atomic E-state index is 0.374. The SMILES string of the molecule is COC(O)c1cc(Cl)ccc1C=O. The summed E-state index contributed by atoms with van der Waals surface area (Å²) in [7, 11) is 1.35. The smallest absolute Gasteiger partial charge is 0.181 e. The van der Waals surface area contributed by atoms with Crippen molar-refractivity contribution in [3.8, 4) is 0 Å². The molecule has 0 fully saturated rings. The second kappa shape index (κ2) is 4.37. The van der Waals surface area contributed by atoms with E-state index in [-0.39, 0.29) is 0 Å². The number of hydrogen-bond donors (Lipinski definition) is 1. The number of hydrogen-bond acceptors (Lipinski definition) is 3. The highest BCUT2D eigenvalue weighted by molar-refractivity contribution is 6.30. The van der Waals surface area contributed by atoms with Gasteiger partial charge in [0.1, 0.15) is 0 Å². The van der Waals surface area contributed by atoms with Gasteiger partial charge in [0.2, 0.25) is 0 Å². The fourth-order valence-corrected chi connectivity index (χ4v) is 1.17. The number of methoxy groups -OCH3 is 1. The lowest BCUT2D eigenvalue weighted by molar-refractivity contribution is -0.0771. The van der Waals surface area contributed by atoms with E-state index in [0.29, 0.717) is 22.4 Å². The first kappa shape index (κ1) is 10.2. The number of carbonyl (C=O) groups excluding carboxylic acids is 1. The van der Waals surface area contributed by atoms with Gasteiger partial charge >= 0.3 is 0 Å². The molecule has 0 amide bonds. The number of aliphatic hydroxyl groups excluding tert-OH is 1. The van der Waals surface area contributed by atoms with Crippen LogP contribution in [0.5, 0.6) is 0 Å². The number of rotatable bonds is 3. The summed E-state index contributed by atoms with van der Waals surface area (Å²) in [5.74, 6) is 0. The van der Waals surface area contributed by atoms with Crippen LogP contribution in [0.4, 0.5) is 0 Å². The van der Waals surface area contributed by atoms with Gasteiger partial charge in [-0.25, -0.2) is 0 Å². The molecule has 0 aliphatic carbocycles. The molecule has 4 heteroatoms. The van der Waals surface area contributed by atoms with E-state index < -0.39 is 6.29 Å². The van der Waals surface area contributed by atoms with Gasteiger partial charge in [0.15, 0.2) is 12.6 Å². The summed E-state index contributed by atoms with van der Waals surface area (Å²) < 4.78 is 4.67. The average molecular weight is 201 g/mol. The Kier molecular flexibility index (Phi) is 3.42. The number of aldehydes is 1. The van der Waals surface area contributed by atoms with Crippen LogP contribution in [-0.2, 0) is 4.74 Å². The second-order valence-electron chi connectivity index (χ2n) is 2.48. The molecule has 0 aromatic heterocycles. The predicted octanol–water partition coefficient (Wildman–Crippen LogP) is 1.79. The van der Waals surface area contributed by atoms with Crippen molar-refractivity contribution < 1.29 is 14.6 Å². The van der Waals surface area contributed by atoms with Crippen molar-refractivity contribution in [1.29, 1.82) is 0 Å². The molecule has 1 unspecified atom stereocenters. The summed E-state index contributed by atoms with van der Waals surface area (Å²) in [6.07, 6.45) is -0.465.